The fourth-order valence-electron chi connectivity index (χ4n) is 1.96. The molecule has 0 bridgehead atoms. The molecular weight excluding hydrogens is 279 g/mol. The first kappa shape index (κ1) is 14.3. The van der Waals surface area contributed by atoms with Gasteiger partial charge in [-0.1, -0.05) is 35.9 Å². The van der Waals surface area contributed by atoms with Gasteiger partial charge in [0, 0.05) is 5.02 Å². The van der Waals surface area contributed by atoms with Crippen LogP contribution in [-0.4, -0.2) is 11.1 Å². The average Bonchev–Trinajstić information content (AvgIpc) is 2.41. The molecule has 2 rings (SSSR count). The van der Waals surface area contributed by atoms with Gasteiger partial charge in [-0.2, -0.15) is 0 Å². The molecule has 4 heteroatoms. The number of aliphatic carboxylic acids is 1. The highest BCUT2D eigenvalue weighted by Crippen LogP contribution is 2.27. The number of rotatable bonds is 3. The summed E-state index contributed by atoms with van der Waals surface area (Å²) in [4.78, 5) is 11.5. The monoisotopic (exact) mass is 290 g/mol. The summed E-state index contributed by atoms with van der Waals surface area (Å²) < 4.78 is 12.9. The normalized spacial score (nSPS) is 11.9. The maximum atomic E-state index is 12.9. The van der Waals surface area contributed by atoms with Gasteiger partial charge in [0.15, 0.2) is 0 Å². The maximum Gasteiger partial charge on any atom is 0.336 e. The van der Waals surface area contributed by atoms with Crippen LogP contribution in [0.4, 0.5) is 4.39 Å². The molecule has 0 saturated heterocycles. The van der Waals surface area contributed by atoms with Crippen molar-refractivity contribution in [3.8, 4) is 0 Å². The lowest BCUT2D eigenvalue weighted by Crippen LogP contribution is -2.02. The highest BCUT2D eigenvalue weighted by Gasteiger charge is 2.15. The minimum absolute atomic E-state index is 0.146. The third kappa shape index (κ3) is 3.06. The van der Waals surface area contributed by atoms with Crippen molar-refractivity contribution in [3.05, 3.63) is 70.5 Å². The zero-order valence-electron chi connectivity index (χ0n) is 10.7. The number of halogens is 2. The van der Waals surface area contributed by atoms with Crippen molar-refractivity contribution >= 4 is 28.7 Å². The number of hydrogen-bond acceptors (Lipinski definition) is 1. The third-order valence-electron chi connectivity index (χ3n) is 3.00. The fraction of sp³-hybridized carbons (Fsp3) is 0.0625. The minimum Gasteiger partial charge on any atom is -0.478 e. The molecule has 0 fully saturated rings. The molecule has 0 amide bonds. The Morgan fingerprint density at radius 1 is 1.00 bits per heavy atom. The van der Waals surface area contributed by atoms with Crippen LogP contribution in [-0.2, 0) is 4.79 Å². The maximum absolute atomic E-state index is 12.9. The molecule has 0 unspecified atom stereocenters. The molecule has 1 N–H and O–H groups in total. The van der Waals surface area contributed by atoms with Crippen LogP contribution in [0.5, 0.6) is 0 Å². The van der Waals surface area contributed by atoms with E-state index in [9.17, 15) is 14.3 Å². The lowest BCUT2D eigenvalue weighted by atomic mass is 9.96. The number of hydrogen-bond donors (Lipinski definition) is 1. The van der Waals surface area contributed by atoms with Gasteiger partial charge in [0.2, 0.25) is 0 Å². The zero-order chi connectivity index (χ0) is 14.7. The summed E-state index contributed by atoms with van der Waals surface area (Å²) in [5, 5.41) is 9.99. The predicted molar refractivity (Wildman–Crippen MR) is 78.0 cm³/mol. The molecular formula is C16H12ClFO2. The van der Waals surface area contributed by atoms with Crippen LogP contribution < -0.4 is 0 Å². The van der Waals surface area contributed by atoms with Crippen molar-refractivity contribution in [1.29, 1.82) is 0 Å². The molecule has 0 spiro atoms. The van der Waals surface area contributed by atoms with Gasteiger partial charge in [0.25, 0.3) is 0 Å². The first-order valence-electron chi connectivity index (χ1n) is 5.95. The molecule has 0 aliphatic heterocycles. The van der Waals surface area contributed by atoms with Gasteiger partial charge in [-0.25, -0.2) is 9.18 Å². The molecule has 0 atom stereocenters. The lowest BCUT2D eigenvalue weighted by molar-refractivity contribution is -0.130. The largest absolute Gasteiger partial charge is 0.478 e. The van der Waals surface area contributed by atoms with E-state index in [1.807, 2.05) is 0 Å². The van der Waals surface area contributed by atoms with Gasteiger partial charge in [-0.15, -0.1) is 0 Å². The first-order chi connectivity index (χ1) is 9.49. The number of allylic oxidation sites excluding steroid dienone is 1. The van der Waals surface area contributed by atoms with Crippen LogP contribution in [0.15, 0.2) is 48.5 Å². The van der Waals surface area contributed by atoms with Crippen LogP contribution >= 0.6 is 11.6 Å². The Labute approximate surface area is 121 Å². The first-order valence-corrected chi connectivity index (χ1v) is 6.33. The van der Waals surface area contributed by atoms with E-state index in [4.69, 9.17) is 11.6 Å². The number of benzene rings is 2. The molecule has 2 nitrogen and oxygen atoms in total. The smallest absolute Gasteiger partial charge is 0.336 e. The van der Waals surface area contributed by atoms with E-state index in [0.717, 1.165) is 5.56 Å². The van der Waals surface area contributed by atoms with Gasteiger partial charge in [-0.3, -0.25) is 0 Å². The topological polar surface area (TPSA) is 37.3 Å². The Morgan fingerprint density at radius 3 is 2.00 bits per heavy atom. The van der Waals surface area contributed by atoms with Crippen molar-refractivity contribution in [1.82, 2.24) is 0 Å². The van der Waals surface area contributed by atoms with Gasteiger partial charge < -0.3 is 5.11 Å². The molecule has 0 aromatic heterocycles. The number of carboxylic acids is 1. The highest BCUT2D eigenvalue weighted by atomic mass is 35.5. The Morgan fingerprint density at radius 2 is 1.50 bits per heavy atom. The lowest BCUT2D eigenvalue weighted by Gasteiger charge is -2.09. The second-order valence-electron chi connectivity index (χ2n) is 4.32. The minimum atomic E-state index is -1.05. The van der Waals surface area contributed by atoms with E-state index in [-0.39, 0.29) is 5.57 Å². The molecule has 0 aliphatic carbocycles. The zero-order valence-corrected chi connectivity index (χ0v) is 11.5. The Kier molecular flexibility index (Phi) is 4.20. The van der Waals surface area contributed by atoms with E-state index in [1.165, 1.54) is 24.3 Å². The summed E-state index contributed by atoms with van der Waals surface area (Å²) in [7, 11) is 0. The Hall–Kier alpha value is -2.13. The van der Waals surface area contributed by atoms with Crippen LogP contribution in [0.2, 0.25) is 5.02 Å². The fourth-order valence-corrected chi connectivity index (χ4v) is 2.09. The standard InChI is InChI=1S/C16H12ClFO2/c1-10(11-2-6-13(17)7-3-11)15(16(19)20)12-4-8-14(18)9-5-12/h2-9H,1H3,(H,19,20)/b15-10+. The van der Waals surface area contributed by atoms with Crippen molar-refractivity contribution in [2.75, 3.05) is 0 Å². The third-order valence-corrected chi connectivity index (χ3v) is 3.25. The van der Waals surface area contributed by atoms with Crippen LogP contribution in [0.1, 0.15) is 18.1 Å². The molecule has 0 heterocycles. The summed E-state index contributed by atoms with van der Waals surface area (Å²) in [5.74, 6) is -1.45. The molecule has 0 saturated carbocycles. The Balaban J connectivity index is 2.56. The van der Waals surface area contributed by atoms with Crippen LogP contribution in [0.25, 0.3) is 11.1 Å². The summed E-state index contributed by atoms with van der Waals surface area (Å²) in [6, 6.07) is 12.3. The second kappa shape index (κ2) is 5.88. The predicted octanol–water partition coefficient (Wildman–Crippen LogP) is 4.49. The molecule has 2 aromatic carbocycles. The van der Waals surface area contributed by atoms with Crippen molar-refractivity contribution in [3.63, 3.8) is 0 Å². The van der Waals surface area contributed by atoms with E-state index in [1.54, 1.807) is 31.2 Å². The van der Waals surface area contributed by atoms with Gasteiger partial charge in [0.1, 0.15) is 5.82 Å². The quantitative estimate of drug-likeness (QED) is 0.668. The van der Waals surface area contributed by atoms with Crippen molar-refractivity contribution < 1.29 is 14.3 Å². The molecule has 0 aliphatic rings. The second-order valence-corrected chi connectivity index (χ2v) is 4.76. The van der Waals surface area contributed by atoms with E-state index in [0.29, 0.717) is 16.2 Å². The van der Waals surface area contributed by atoms with Gasteiger partial charge in [0.05, 0.1) is 5.57 Å². The van der Waals surface area contributed by atoms with E-state index in [2.05, 4.69) is 0 Å². The summed E-state index contributed by atoms with van der Waals surface area (Å²) in [5.41, 5.74) is 1.97. The molecule has 2 aromatic rings. The van der Waals surface area contributed by atoms with Crippen molar-refractivity contribution in [2.24, 2.45) is 0 Å². The SMILES string of the molecule is C/C(=C(\C(=O)O)c1ccc(F)cc1)c1ccc(Cl)cc1. The number of carbonyl (C=O) groups is 1. The van der Waals surface area contributed by atoms with Gasteiger partial charge in [-0.05, 0) is 47.9 Å². The summed E-state index contributed by atoms with van der Waals surface area (Å²) in [6.07, 6.45) is 0. The summed E-state index contributed by atoms with van der Waals surface area (Å²) >= 11 is 5.82. The molecule has 102 valence electrons. The van der Waals surface area contributed by atoms with Gasteiger partial charge >= 0.3 is 5.97 Å². The molecule has 20 heavy (non-hydrogen) atoms. The van der Waals surface area contributed by atoms with Crippen LogP contribution in [0, 0.1) is 5.82 Å². The summed E-state index contributed by atoms with van der Waals surface area (Å²) in [6.45, 7) is 1.72. The highest BCUT2D eigenvalue weighted by molar-refractivity contribution is 6.30. The number of carboxylic acid groups (broad SMARTS) is 1. The van der Waals surface area contributed by atoms with E-state index < -0.39 is 11.8 Å². The Bertz CT molecular complexity index is 658. The molecule has 0 radical (unpaired) electrons. The average molecular weight is 291 g/mol. The van der Waals surface area contributed by atoms with E-state index >= 15 is 0 Å². The van der Waals surface area contributed by atoms with Crippen molar-refractivity contribution in [2.45, 2.75) is 6.92 Å². The van der Waals surface area contributed by atoms with Crippen LogP contribution in [0.3, 0.4) is 0 Å².